The van der Waals surface area contributed by atoms with E-state index in [0.717, 1.165) is 0 Å². The van der Waals surface area contributed by atoms with Crippen LogP contribution in [0.5, 0.6) is 11.5 Å². The second kappa shape index (κ2) is 5.40. The number of rotatable bonds is 4. The minimum Gasteiger partial charge on any atom is -0.460 e. The van der Waals surface area contributed by atoms with Crippen LogP contribution in [0.15, 0.2) is 10.5 Å². The summed E-state index contributed by atoms with van der Waals surface area (Å²) in [4.78, 5) is 34.3. The van der Waals surface area contributed by atoms with Crippen LogP contribution in [0.1, 0.15) is 27.6 Å². The van der Waals surface area contributed by atoms with Crippen molar-refractivity contribution in [3.05, 3.63) is 21.7 Å². The molecule has 100 valence electrons. The average Bonchev–Trinajstić information content (AvgIpc) is 2.86. The Labute approximate surface area is 116 Å². The zero-order chi connectivity index (χ0) is 14.0. The van der Waals surface area contributed by atoms with Gasteiger partial charge in [-0.2, -0.15) is 0 Å². The molecule has 0 saturated carbocycles. The number of benzene rings is 1. The first-order valence-corrected chi connectivity index (χ1v) is 6.18. The molecule has 7 heteroatoms. The summed E-state index contributed by atoms with van der Waals surface area (Å²) in [7, 11) is 0. The van der Waals surface area contributed by atoms with E-state index in [1.54, 1.807) is 6.92 Å². The summed E-state index contributed by atoms with van der Waals surface area (Å²) < 4.78 is 15.3. The van der Waals surface area contributed by atoms with Crippen molar-refractivity contribution >= 4 is 34.0 Å². The zero-order valence-corrected chi connectivity index (χ0v) is 11.5. The van der Waals surface area contributed by atoms with Crippen molar-refractivity contribution in [3.8, 4) is 11.5 Å². The highest BCUT2D eigenvalue weighted by Crippen LogP contribution is 2.42. The molecule has 0 bridgehead atoms. The Bertz CT molecular complexity index is 566. The maximum atomic E-state index is 11.9. The van der Waals surface area contributed by atoms with Crippen molar-refractivity contribution < 1.29 is 28.6 Å². The predicted octanol–water partition coefficient (Wildman–Crippen LogP) is 1.74. The fourth-order valence-corrected chi connectivity index (χ4v) is 2.14. The van der Waals surface area contributed by atoms with E-state index in [4.69, 9.17) is 9.47 Å². The van der Waals surface area contributed by atoms with E-state index in [1.807, 2.05) is 0 Å². The standard InChI is InChI=1S/C12H9BrO6/c1-2-17-12(16)9(15)6-3-8(13)7(4-14)11-10(6)18-5-19-11/h3-4H,2,5H2,1H3. The SMILES string of the molecule is CCOC(=O)C(=O)c1cc(Br)c(C=O)c2c1OCO2. The lowest BCUT2D eigenvalue weighted by Crippen LogP contribution is -2.18. The summed E-state index contributed by atoms with van der Waals surface area (Å²) in [6, 6.07) is 1.34. The van der Waals surface area contributed by atoms with Gasteiger partial charge in [-0.3, -0.25) is 9.59 Å². The highest BCUT2D eigenvalue weighted by molar-refractivity contribution is 9.10. The Morgan fingerprint density at radius 3 is 2.74 bits per heavy atom. The number of aldehydes is 1. The number of esters is 1. The molecule has 0 atom stereocenters. The van der Waals surface area contributed by atoms with Gasteiger partial charge < -0.3 is 14.2 Å². The number of halogens is 1. The van der Waals surface area contributed by atoms with Crippen molar-refractivity contribution in [2.75, 3.05) is 13.4 Å². The molecule has 1 heterocycles. The Morgan fingerprint density at radius 1 is 1.42 bits per heavy atom. The first-order chi connectivity index (χ1) is 9.10. The second-order valence-corrected chi connectivity index (χ2v) is 4.41. The lowest BCUT2D eigenvalue weighted by molar-refractivity contribution is -0.137. The number of ether oxygens (including phenoxy) is 3. The van der Waals surface area contributed by atoms with Gasteiger partial charge >= 0.3 is 5.97 Å². The van der Waals surface area contributed by atoms with Crippen LogP contribution in [0.25, 0.3) is 0 Å². The Balaban J connectivity index is 2.51. The summed E-state index contributed by atoms with van der Waals surface area (Å²) in [5.41, 5.74) is 0.233. The molecular formula is C12H9BrO6. The third-order valence-corrected chi connectivity index (χ3v) is 3.11. The van der Waals surface area contributed by atoms with Gasteiger partial charge in [-0.1, -0.05) is 0 Å². The molecule has 1 aromatic rings. The number of carbonyl (C=O) groups excluding carboxylic acids is 3. The lowest BCUT2D eigenvalue weighted by atomic mass is 10.1. The van der Waals surface area contributed by atoms with E-state index in [-0.39, 0.29) is 36.0 Å². The molecule has 0 spiro atoms. The molecule has 2 rings (SSSR count). The van der Waals surface area contributed by atoms with E-state index in [2.05, 4.69) is 20.7 Å². The molecular weight excluding hydrogens is 320 g/mol. The highest BCUT2D eigenvalue weighted by atomic mass is 79.9. The molecule has 0 aliphatic carbocycles. The summed E-state index contributed by atoms with van der Waals surface area (Å²) in [6.07, 6.45) is 0.580. The van der Waals surface area contributed by atoms with Crippen LogP contribution in [0, 0.1) is 0 Å². The van der Waals surface area contributed by atoms with Crippen molar-refractivity contribution in [3.63, 3.8) is 0 Å². The van der Waals surface area contributed by atoms with Crippen LogP contribution in [0.3, 0.4) is 0 Å². The first kappa shape index (κ1) is 13.5. The quantitative estimate of drug-likeness (QED) is 0.362. The molecule has 0 saturated heterocycles. The summed E-state index contributed by atoms with van der Waals surface area (Å²) in [5.74, 6) is -1.59. The molecule has 1 aliphatic rings. The van der Waals surface area contributed by atoms with Gasteiger partial charge in [-0.25, -0.2) is 4.79 Å². The van der Waals surface area contributed by atoms with Crippen LogP contribution >= 0.6 is 15.9 Å². The van der Waals surface area contributed by atoms with Crippen LogP contribution in [-0.2, 0) is 9.53 Å². The summed E-state index contributed by atoms with van der Waals surface area (Å²) in [6.45, 7) is 1.58. The van der Waals surface area contributed by atoms with Gasteiger partial charge in [-0.05, 0) is 28.9 Å². The number of Topliss-reactive ketones (excluding diaryl/α,β-unsaturated/α-hetero) is 1. The average molecular weight is 329 g/mol. The summed E-state index contributed by atoms with van der Waals surface area (Å²) >= 11 is 3.15. The Morgan fingerprint density at radius 2 is 2.11 bits per heavy atom. The highest BCUT2D eigenvalue weighted by Gasteiger charge is 2.30. The first-order valence-electron chi connectivity index (χ1n) is 5.38. The molecule has 0 N–H and O–H groups in total. The van der Waals surface area contributed by atoms with E-state index in [1.165, 1.54) is 6.07 Å². The van der Waals surface area contributed by atoms with Crippen LogP contribution in [0.2, 0.25) is 0 Å². The smallest absolute Gasteiger partial charge is 0.379 e. The van der Waals surface area contributed by atoms with Gasteiger partial charge in [0.25, 0.3) is 5.78 Å². The third kappa shape index (κ3) is 2.33. The van der Waals surface area contributed by atoms with E-state index < -0.39 is 11.8 Å². The summed E-state index contributed by atoms with van der Waals surface area (Å²) in [5, 5.41) is 0. The number of carbonyl (C=O) groups is 3. The maximum absolute atomic E-state index is 11.9. The van der Waals surface area contributed by atoms with Crippen molar-refractivity contribution in [1.29, 1.82) is 0 Å². The minimum absolute atomic E-state index is 0.00317. The molecule has 0 aromatic heterocycles. The Kier molecular flexibility index (Phi) is 3.84. The molecule has 1 aromatic carbocycles. The van der Waals surface area contributed by atoms with E-state index >= 15 is 0 Å². The van der Waals surface area contributed by atoms with E-state index in [9.17, 15) is 14.4 Å². The van der Waals surface area contributed by atoms with Crippen LogP contribution in [0.4, 0.5) is 0 Å². The molecule has 1 aliphatic heterocycles. The number of ketones is 1. The third-order valence-electron chi connectivity index (χ3n) is 2.45. The number of hydrogen-bond donors (Lipinski definition) is 0. The molecule has 0 unspecified atom stereocenters. The minimum atomic E-state index is -0.981. The molecule has 6 nitrogen and oxygen atoms in total. The van der Waals surface area contributed by atoms with Gasteiger partial charge in [-0.15, -0.1) is 0 Å². The normalized spacial score (nSPS) is 12.1. The molecule has 0 amide bonds. The molecule has 0 fully saturated rings. The van der Waals surface area contributed by atoms with Gasteiger partial charge in [0.1, 0.15) is 0 Å². The number of hydrogen-bond acceptors (Lipinski definition) is 6. The van der Waals surface area contributed by atoms with Crippen LogP contribution < -0.4 is 9.47 Å². The Hall–Kier alpha value is -1.89. The van der Waals surface area contributed by atoms with Crippen LogP contribution in [-0.4, -0.2) is 31.4 Å². The number of fused-ring (bicyclic) bond motifs is 1. The fourth-order valence-electron chi connectivity index (χ4n) is 1.64. The fraction of sp³-hybridized carbons (Fsp3) is 0.250. The molecule has 0 radical (unpaired) electrons. The van der Waals surface area contributed by atoms with Crippen molar-refractivity contribution in [1.82, 2.24) is 0 Å². The van der Waals surface area contributed by atoms with Gasteiger partial charge in [0, 0.05) is 4.47 Å². The molecule has 19 heavy (non-hydrogen) atoms. The largest absolute Gasteiger partial charge is 0.460 e. The van der Waals surface area contributed by atoms with E-state index in [0.29, 0.717) is 10.8 Å². The van der Waals surface area contributed by atoms with Crippen molar-refractivity contribution in [2.24, 2.45) is 0 Å². The maximum Gasteiger partial charge on any atom is 0.379 e. The van der Waals surface area contributed by atoms with Gasteiger partial charge in [0.05, 0.1) is 17.7 Å². The second-order valence-electron chi connectivity index (χ2n) is 3.55. The monoisotopic (exact) mass is 328 g/mol. The van der Waals surface area contributed by atoms with Crippen molar-refractivity contribution in [2.45, 2.75) is 6.92 Å². The van der Waals surface area contributed by atoms with Gasteiger partial charge in [0.2, 0.25) is 6.79 Å². The lowest BCUT2D eigenvalue weighted by Gasteiger charge is -2.07. The topological polar surface area (TPSA) is 78.9 Å². The predicted molar refractivity (Wildman–Crippen MR) is 66.6 cm³/mol. The van der Waals surface area contributed by atoms with Gasteiger partial charge in [0.15, 0.2) is 17.8 Å². The zero-order valence-electron chi connectivity index (χ0n) is 9.90.